The Bertz CT molecular complexity index is 1350. The van der Waals surface area contributed by atoms with Crippen molar-refractivity contribution in [3.05, 3.63) is 152 Å². The molecule has 5 aromatic carbocycles. The van der Waals surface area contributed by atoms with Crippen molar-refractivity contribution in [1.29, 1.82) is 0 Å². The number of rotatable bonds is 12. The van der Waals surface area contributed by atoms with Gasteiger partial charge in [0.05, 0.1) is 0 Å². The van der Waals surface area contributed by atoms with Crippen LogP contribution in [0.25, 0.3) is 0 Å². The van der Waals surface area contributed by atoms with Gasteiger partial charge < -0.3 is 0 Å². The Morgan fingerprint density at radius 2 is 0.500 bits per heavy atom. The first kappa shape index (κ1) is 32.1. The zero-order chi connectivity index (χ0) is 29.3. The van der Waals surface area contributed by atoms with Crippen LogP contribution in [-0.2, 0) is 23.0 Å². The van der Waals surface area contributed by atoms with Gasteiger partial charge in [0, 0.05) is 62.7 Å². The molecular formula is C34H26Cl4S4. The Kier molecular flexibility index (Phi) is 12.3. The third-order valence-corrected chi connectivity index (χ3v) is 12.0. The van der Waals surface area contributed by atoms with Crippen molar-refractivity contribution < 1.29 is 0 Å². The van der Waals surface area contributed by atoms with E-state index >= 15 is 0 Å². The van der Waals surface area contributed by atoms with Gasteiger partial charge >= 0.3 is 0 Å². The highest BCUT2D eigenvalue weighted by Crippen LogP contribution is 2.44. The summed E-state index contributed by atoms with van der Waals surface area (Å²) < 4.78 is 0. The first-order valence-corrected chi connectivity index (χ1v) is 18.5. The summed E-state index contributed by atoms with van der Waals surface area (Å²) in [4.78, 5) is 5.11. The highest BCUT2D eigenvalue weighted by Gasteiger charge is 2.14. The van der Waals surface area contributed by atoms with Gasteiger partial charge in [-0.2, -0.15) is 0 Å². The summed E-state index contributed by atoms with van der Waals surface area (Å²) in [5.41, 5.74) is 4.98. The summed E-state index contributed by atoms with van der Waals surface area (Å²) in [6.45, 7) is 0. The fourth-order valence-electron chi connectivity index (χ4n) is 3.94. The van der Waals surface area contributed by atoms with Crippen LogP contribution in [0.4, 0.5) is 0 Å². The maximum absolute atomic E-state index is 6.14. The van der Waals surface area contributed by atoms with Crippen LogP contribution in [0.2, 0.25) is 20.1 Å². The highest BCUT2D eigenvalue weighted by molar-refractivity contribution is 8.02. The van der Waals surface area contributed by atoms with Gasteiger partial charge in [-0.3, -0.25) is 0 Å². The van der Waals surface area contributed by atoms with Crippen LogP contribution >= 0.6 is 93.5 Å². The quantitative estimate of drug-likeness (QED) is 0.119. The lowest BCUT2D eigenvalue weighted by atomic mass is 10.2. The van der Waals surface area contributed by atoms with Gasteiger partial charge in [0.1, 0.15) is 0 Å². The summed E-state index contributed by atoms with van der Waals surface area (Å²) in [6.07, 6.45) is 0. The molecule has 0 radical (unpaired) electrons. The summed E-state index contributed by atoms with van der Waals surface area (Å²) in [5, 5.41) is 3.02. The van der Waals surface area contributed by atoms with E-state index in [9.17, 15) is 0 Å². The van der Waals surface area contributed by atoms with Gasteiger partial charge in [-0.05, 0) is 82.9 Å². The second-order valence-corrected chi connectivity index (χ2v) is 15.2. The van der Waals surface area contributed by atoms with Crippen molar-refractivity contribution in [2.75, 3.05) is 0 Å². The molecule has 42 heavy (non-hydrogen) atoms. The molecule has 0 spiro atoms. The Balaban J connectivity index is 1.44. The summed E-state index contributed by atoms with van der Waals surface area (Å²) in [6, 6.07) is 37.2. The molecule has 0 aliphatic rings. The van der Waals surface area contributed by atoms with Crippen LogP contribution in [-0.4, -0.2) is 0 Å². The third kappa shape index (κ3) is 9.84. The molecule has 0 aromatic heterocycles. The zero-order valence-electron chi connectivity index (χ0n) is 22.4. The average Bonchev–Trinajstić information content (AvgIpc) is 3.00. The first-order valence-electron chi connectivity index (χ1n) is 13.1. The molecular weight excluding hydrogens is 678 g/mol. The van der Waals surface area contributed by atoms with Crippen molar-refractivity contribution in [2.45, 2.75) is 42.6 Å². The lowest BCUT2D eigenvalue weighted by molar-refractivity contribution is 1.08. The van der Waals surface area contributed by atoms with E-state index in [1.807, 2.05) is 95.6 Å². The number of hydrogen-bond acceptors (Lipinski definition) is 4. The second-order valence-electron chi connectivity index (χ2n) is 9.41. The van der Waals surface area contributed by atoms with Crippen LogP contribution in [0.15, 0.2) is 129 Å². The molecule has 0 fully saturated rings. The largest absolute Gasteiger partial charge is 0.120 e. The van der Waals surface area contributed by atoms with Gasteiger partial charge in [0.2, 0.25) is 0 Å². The number of halogens is 4. The standard InChI is InChI=1S/C34H26Cl4S4/c35-27-9-1-23(2-10-27)19-39-31-17-33(41-21-25-5-13-29(37)14-6-25)34(42-22-26-7-15-30(38)16-8-26)18-32(31)40-20-24-3-11-28(36)12-4-24/h1-18H,19-22H2. The van der Waals surface area contributed by atoms with Crippen LogP contribution in [0.1, 0.15) is 22.3 Å². The molecule has 0 saturated heterocycles. The average molecular weight is 705 g/mol. The molecule has 0 aliphatic carbocycles. The minimum absolute atomic E-state index is 0.755. The van der Waals surface area contributed by atoms with Gasteiger partial charge in [0.25, 0.3) is 0 Å². The van der Waals surface area contributed by atoms with Crippen molar-refractivity contribution in [3.63, 3.8) is 0 Å². The molecule has 0 heterocycles. The Hall–Kier alpha value is -1.34. The van der Waals surface area contributed by atoms with Crippen LogP contribution in [0.5, 0.6) is 0 Å². The molecule has 5 aromatic rings. The molecule has 0 amide bonds. The maximum Gasteiger partial charge on any atom is 0.0406 e. The van der Waals surface area contributed by atoms with Gasteiger partial charge in [-0.25, -0.2) is 0 Å². The predicted molar refractivity (Wildman–Crippen MR) is 190 cm³/mol. The molecule has 0 bridgehead atoms. The Morgan fingerprint density at radius 1 is 0.310 bits per heavy atom. The predicted octanol–water partition coefficient (Wildman–Crippen LogP) is 13.5. The minimum atomic E-state index is 0.755. The van der Waals surface area contributed by atoms with Crippen LogP contribution < -0.4 is 0 Å². The van der Waals surface area contributed by atoms with Crippen molar-refractivity contribution in [2.24, 2.45) is 0 Å². The number of benzene rings is 5. The lowest BCUT2D eigenvalue weighted by Gasteiger charge is -2.16. The molecule has 0 unspecified atom stereocenters. The fourth-order valence-corrected chi connectivity index (χ4v) is 8.97. The molecule has 0 aliphatic heterocycles. The maximum atomic E-state index is 6.14. The highest BCUT2D eigenvalue weighted by atomic mass is 35.5. The van der Waals surface area contributed by atoms with E-state index in [2.05, 4.69) is 60.7 Å². The van der Waals surface area contributed by atoms with E-state index in [0.717, 1.165) is 43.1 Å². The van der Waals surface area contributed by atoms with Crippen molar-refractivity contribution >= 4 is 93.5 Å². The first-order chi connectivity index (χ1) is 20.4. The Morgan fingerprint density at radius 3 is 0.690 bits per heavy atom. The molecule has 0 saturated carbocycles. The second kappa shape index (κ2) is 16.1. The van der Waals surface area contributed by atoms with Crippen LogP contribution in [0.3, 0.4) is 0 Å². The van der Waals surface area contributed by atoms with E-state index < -0.39 is 0 Å². The topological polar surface area (TPSA) is 0 Å². The molecule has 8 heteroatoms. The molecule has 5 rings (SSSR count). The fraction of sp³-hybridized carbons (Fsp3) is 0.118. The van der Waals surface area contributed by atoms with E-state index in [0.29, 0.717) is 0 Å². The summed E-state index contributed by atoms with van der Waals surface area (Å²) in [7, 11) is 0. The zero-order valence-corrected chi connectivity index (χ0v) is 28.7. The van der Waals surface area contributed by atoms with Crippen molar-refractivity contribution in [1.82, 2.24) is 0 Å². The molecule has 0 nitrogen and oxygen atoms in total. The van der Waals surface area contributed by atoms with Crippen LogP contribution in [0, 0.1) is 0 Å². The third-order valence-electron chi connectivity index (χ3n) is 6.24. The van der Waals surface area contributed by atoms with Crippen molar-refractivity contribution in [3.8, 4) is 0 Å². The van der Waals surface area contributed by atoms with E-state index in [1.54, 1.807) is 0 Å². The number of thioether (sulfide) groups is 4. The van der Waals surface area contributed by atoms with Gasteiger partial charge in [0.15, 0.2) is 0 Å². The smallest absolute Gasteiger partial charge is 0.0406 e. The molecule has 0 N–H and O–H groups in total. The van der Waals surface area contributed by atoms with E-state index in [1.165, 1.54) is 41.8 Å². The SMILES string of the molecule is Clc1ccc(CSc2cc(SCc3ccc(Cl)cc3)c(SCc3ccc(Cl)cc3)cc2SCc2ccc(Cl)cc2)cc1. The molecule has 214 valence electrons. The normalized spacial score (nSPS) is 11.1. The van der Waals surface area contributed by atoms with Gasteiger partial charge in [-0.15, -0.1) is 47.0 Å². The van der Waals surface area contributed by atoms with E-state index in [4.69, 9.17) is 46.4 Å². The Labute approximate surface area is 285 Å². The van der Waals surface area contributed by atoms with Gasteiger partial charge in [-0.1, -0.05) is 94.9 Å². The number of hydrogen-bond donors (Lipinski definition) is 0. The molecule has 0 atom stereocenters. The van der Waals surface area contributed by atoms with E-state index in [-0.39, 0.29) is 0 Å². The summed E-state index contributed by atoms with van der Waals surface area (Å²) in [5.74, 6) is 3.46. The monoisotopic (exact) mass is 702 g/mol. The lowest BCUT2D eigenvalue weighted by Crippen LogP contribution is -1.91. The minimum Gasteiger partial charge on any atom is -0.120 e. The summed E-state index contributed by atoms with van der Waals surface area (Å²) >= 11 is 32.0.